The van der Waals surface area contributed by atoms with Gasteiger partial charge in [-0.25, -0.2) is 4.79 Å². The predicted octanol–water partition coefficient (Wildman–Crippen LogP) is 2.40. The molecule has 0 atom stereocenters. The second-order valence-electron chi connectivity index (χ2n) is 3.77. The van der Waals surface area contributed by atoms with Crippen LogP contribution < -0.4 is 0 Å². The van der Waals surface area contributed by atoms with Crippen molar-refractivity contribution >= 4 is 28.6 Å². The van der Waals surface area contributed by atoms with E-state index in [1.54, 1.807) is 6.07 Å². The van der Waals surface area contributed by atoms with Gasteiger partial charge in [0.25, 0.3) is 0 Å². The molecule has 1 rings (SSSR count). The van der Waals surface area contributed by atoms with Crippen molar-refractivity contribution in [1.29, 1.82) is 0 Å². The maximum atomic E-state index is 11.7. The molecule has 3 nitrogen and oxygen atoms in total. The summed E-state index contributed by atoms with van der Waals surface area (Å²) < 4.78 is 6.12. The zero-order chi connectivity index (χ0) is 12.0. The summed E-state index contributed by atoms with van der Waals surface area (Å²) in [6.45, 7) is 1.40. The molecule has 0 aliphatic carbocycles. The van der Waals surface area contributed by atoms with Crippen LogP contribution in [0.3, 0.4) is 0 Å². The van der Waals surface area contributed by atoms with Crippen LogP contribution in [-0.4, -0.2) is 38.1 Å². The summed E-state index contributed by atoms with van der Waals surface area (Å²) in [5.74, 6) is -0.233. The minimum atomic E-state index is -0.233. The highest BCUT2D eigenvalue weighted by Crippen LogP contribution is 2.12. The molecule has 0 aliphatic heterocycles. The fourth-order valence-electron chi connectivity index (χ4n) is 1.25. The van der Waals surface area contributed by atoms with Gasteiger partial charge in [0.15, 0.2) is 0 Å². The van der Waals surface area contributed by atoms with E-state index < -0.39 is 0 Å². The summed E-state index contributed by atoms with van der Waals surface area (Å²) >= 11 is 2.14. The average molecular weight is 333 g/mol. The van der Waals surface area contributed by atoms with Gasteiger partial charge >= 0.3 is 5.97 Å². The molecule has 0 radical (unpaired) electrons. The van der Waals surface area contributed by atoms with E-state index in [-0.39, 0.29) is 5.97 Å². The van der Waals surface area contributed by atoms with Crippen LogP contribution in [0, 0.1) is 3.57 Å². The Morgan fingerprint density at radius 2 is 2.06 bits per heavy atom. The minimum Gasteiger partial charge on any atom is -0.462 e. The average Bonchev–Trinajstić information content (AvgIpc) is 2.24. The maximum Gasteiger partial charge on any atom is 0.339 e. The lowest BCUT2D eigenvalue weighted by atomic mass is 10.2. The number of halogens is 1. The number of ether oxygens (including phenoxy) is 1. The Kier molecular flexibility index (Phi) is 5.76. The number of hydrogen-bond acceptors (Lipinski definition) is 3. The molecular weight excluding hydrogens is 317 g/mol. The Morgan fingerprint density at radius 3 is 2.69 bits per heavy atom. The third kappa shape index (κ3) is 4.49. The molecule has 0 bridgehead atoms. The van der Waals surface area contributed by atoms with Crippen molar-refractivity contribution in [3.63, 3.8) is 0 Å². The van der Waals surface area contributed by atoms with Gasteiger partial charge in [-0.3, -0.25) is 0 Å². The van der Waals surface area contributed by atoms with Gasteiger partial charge in [-0.2, -0.15) is 0 Å². The molecule has 0 spiro atoms. The van der Waals surface area contributed by atoms with Crippen LogP contribution in [0.5, 0.6) is 0 Å². The molecule has 4 heteroatoms. The van der Waals surface area contributed by atoms with Gasteiger partial charge in [-0.1, -0.05) is 12.1 Å². The Bertz CT molecular complexity index is 353. The molecule has 0 saturated carbocycles. The van der Waals surface area contributed by atoms with Crippen molar-refractivity contribution in [1.82, 2.24) is 4.90 Å². The second-order valence-corrected chi connectivity index (χ2v) is 4.93. The number of carbonyl (C=O) groups excluding carboxylic acids is 1. The molecule has 16 heavy (non-hydrogen) atoms. The van der Waals surface area contributed by atoms with Gasteiger partial charge in [0.1, 0.15) is 0 Å². The highest BCUT2D eigenvalue weighted by Gasteiger charge is 2.09. The molecule has 0 fully saturated rings. The molecule has 0 N–H and O–H groups in total. The van der Waals surface area contributed by atoms with Gasteiger partial charge < -0.3 is 9.64 Å². The molecule has 0 saturated heterocycles. The van der Waals surface area contributed by atoms with E-state index in [0.29, 0.717) is 12.2 Å². The van der Waals surface area contributed by atoms with Gasteiger partial charge in [0.05, 0.1) is 12.2 Å². The molecule has 0 aromatic heterocycles. The summed E-state index contributed by atoms with van der Waals surface area (Å²) in [5, 5.41) is 0. The van der Waals surface area contributed by atoms with Crippen LogP contribution in [-0.2, 0) is 4.74 Å². The lowest BCUT2D eigenvalue weighted by molar-refractivity contribution is 0.0492. The van der Waals surface area contributed by atoms with E-state index in [0.717, 1.165) is 16.5 Å². The van der Waals surface area contributed by atoms with Gasteiger partial charge in [0.2, 0.25) is 0 Å². The topological polar surface area (TPSA) is 29.5 Å². The van der Waals surface area contributed by atoms with Crippen molar-refractivity contribution in [2.24, 2.45) is 0 Å². The lowest BCUT2D eigenvalue weighted by Crippen LogP contribution is -2.16. The minimum absolute atomic E-state index is 0.233. The van der Waals surface area contributed by atoms with E-state index >= 15 is 0 Å². The molecule has 1 aromatic rings. The van der Waals surface area contributed by atoms with Crippen LogP contribution in [0.15, 0.2) is 24.3 Å². The van der Waals surface area contributed by atoms with Crippen molar-refractivity contribution in [3.8, 4) is 0 Å². The SMILES string of the molecule is CN(C)CCCOC(=O)c1ccccc1I. The van der Waals surface area contributed by atoms with Gasteiger partial charge in [0, 0.05) is 10.1 Å². The first-order chi connectivity index (χ1) is 7.61. The second kappa shape index (κ2) is 6.85. The van der Waals surface area contributed by atoms with E-state index in [4.69, 9.17) is 4.74 Å². The molecule has 0 aliphatic rings. The van der Waals surface area contributed by atoms with E-state index in [1.165, 1.54) is 0 Å². The number of esters is 1. The summed E-state index contributed by atoms with van der Waals surface area (Å²) in [6.07, 6.45) is 0.863. The van der Waals surface area contributed by atoms with Crippen LogP contribution >= 0.6 is 22.6 Å². The number of benzene rings is 1. The lowest BCUT2D eigenvalue weighted by Gasteiger charge is -2.09. The smallest absolute Gasteiger partial charge is 0.339 e. The summed E-state index contributed by atoms with van der Waals surface area (Å²) in [5.41, 5.74) is 0.646. The first kappa shape index (κ1) is 13.4. The van der Waals surface area contributed by atoms with Crippen molar-refractivity contribution in [2.45, 2.75) is 6.42 Å². The zero-order valence-corrected chi connectivity index (χ0v) is 11.7. The maximum absolute atomic E-state index is 11.7. The van der Waals surface area contributed by atoms with E-state index in [2.05, 4.69) is 27.5 Å². The molecule has 1 aromatic carbocycles. The number of rotatable bonds is 5. The number of nitrogens with zero attached hydrogens (tertiary/aromatic N) is 1. The first-order valence-electron chi connectivity index (χ1n) is 5.17. The molecular formula is C12H16INO2. The van der Waals surface area contributed by atoms with Crippen LogP contribution in [0.4, 0.5) is 0 Å². The third-order valence-corrected chi connectivity index (χ3v) is 3.02. The van der Waals surface area contributed by atoms with Crippen LogP contribution in [0.2, 0.25) is 0 Å². The van der Waals surface area contributed by atoms with Crippen LogP contribution in [0.1, 0.15) is 16.8 Å². The molecule has 0 heterocycles. The van der Waals surface area contributed by atoms with Crippen LogP contribution in [0.25, 0.3) is 0 Å². The largest absolute Gasteiger partial charge is 0.462 e. The standard InChI is InChI=1S/C12H16INO2/c1-14(2)8-5-9-16-12(15)10-6-3-4-7-11(10)13/h3-4,6-7H,5,8-9H2,1-2H3. The molecule has 0 unspecified atom stereocenters. The highest BCUT2D eigenvalue weighted by atomic mass is 127. The fourth-order valence-corrected chi connectivity index (χ4v) is 1.86. The summed E-state index contributed by atoms with van der Waals surface area (Å²) in [7, 11) is 4.00. The normalized spacial score (nSPS) is 10.5. The summed E-state index contributed by atoms with van der Waals surface area (Å²) in [4.78, 5) is 13.7. The Labute approximate surface area is 110 Å². The van der Waals surface area contributed by atoms with Crippen molar-refractivity contribution < 1.29 is 9.53 Å². The molecule has 88 valence electrons. The van der Waals surface area contributed by atoms with E-state index in [1.807, 2.05) is 32.3 Å². The Hall–Kier alpha value is -0.620. The van der Waals surface area contributed by atoms with Crippen molar-refractivity contribution in [2.75, 3.05) is 27.2 Å². The van der Waals surface area contributed by atoms with Gasteiger partial charge in [-0.15, -0.1) is 0 Å². The zero-order valence-electron chi connectivity index (χ0n) is 9.57. The fraction of sp³-hybridized carbons (Fsp3) is 0.417. The molecule has 0 amide bonds. The van der Waals surface area contributed by atoms with Crippen molar-refractivity contribution in [3.05, 3.63) is 33.4 Å². The predicted molar refractivity (Wildman–Crippen MR) is 72.6 cm³/mol. The summed E-state index contributed by atoms with van der Waals surface area (Å²) in [6, 6.07) is 7.44. The highest BCUT2D eigenvalue weighted by molar-refractivity contribution is 14.1. The Morgan fingerprint density at radius 1 is 1.38 bits per heavy atom. The number of carbonyl (C=O) groups is 1. The first-order valence-corrected chi connectivity index (χ1v) is 6.25. The third-order valence-electron chi connectivity index (χ3n) is 2.08. The number of hydrogen-bond donors (Lipinski definition) is 0. The van der Waals surface area contributed by atoms with E-state index in [9.17, 15) is 4.79 Å². The quantitative estimate of drug-likeness (QED) is 0.471. The van der Waals surface area contributed by atoms with Gasteiger partial charge in [-0.05, 0) is 55.2 Å². The monoisotopic (exact) mass is 333 g/mol. The Balaban J connectivity index is 2.39.